The van der Waals surface area contributed by atoms with Crippen molar-refractivity contribution in [3.05, 3.63) is 35.4 Å². The predicted molar refractivity (Wildman–Crippen MR) is 101 cm³/mol. The third-order valence-corrected chi connectivity index (χ3v) is 5.52. The van der Waals surface area contributed by atoms with Gasteiger partial charge in [0.1, 0.15) is 30.8 Å². The zero-order chi connectivity index (χ0) is 21.8. The Morgan fingerprint density at radius 3 is 2.87 bits per heavy atom. The summed E-state index contributed by atoms with van der Waals surface area (Å²) in [6, 6.07) is 1.55. The number of aliphatic carboxylic acids is 1. The maximum atomic E-state index is 12.6. The number of β-lactam (4-membered cyclic amide) rings is 1. The van der Waals surface area contributed by atoms with E-state index in [1.807, 2.05) is 0 Å². The lowest BCUT2D eigenvalue weighted by Gasteiger charge is -2.49. The summed E-state index contributed by atoms with van der Waals surface area (Å²) < 4.78 is 10.1. The number of nitrogens with two attached hydrogens (primary N) is 1. The number of hydrogen-bond acceptors (Lipinski definition) is 10. The van der Waals surface area contributed by atoms with Crippen molar-refractivity contribution in [3.63, 3.8) is 0 Å². The van der Waals surface area contributed by atoms with E-state index in [2.05, 4.69) is 20.5 Å². The van der Waals surface area contributed by atoms with Crippen molar-refractivity contribution in [2.75, 3.05) is 19.5 Å². The third-order valence-electron chi connectivity index (χ3n) is 4.18. The fraction of sp³-hybridized carbons (Fsp3) is 0.312. The zero-order valence-corrected chi connectivity index (χ0v) is 16.3. The van der Waals surface area contributed by atoms with Gasteiger partial charge in [-0.15, -0.1) is 11.8 Å². The van der Waals surface area contributed by atoms with Crippen molar-refractivity contribution in [3.8, 4) is 0 Å². The molecule has 3 rings (SSSR count). The van der Waals surface area contributed by atoms with Crippen molar-refractivity contribution in [2.45, 2.75) is 11.4 Å². The van der Waals surface area contributed by atoms with Gasteiger partial charge in [0.05, 0.1) is 6.26 Å². The van der Waals surface area contributed by atoms with Gasteiger partial charge in [-0.3, -0.25) is 14.5 Å². The van der Waals surface area contributed by atoms with Gasteiger partial charge in [0.25, 0.3) is 11.8 Å². The van der Waals surface area contributed by atoms with Crippen LogP contribution < -0.4 is 11.1 Å². The Morgan fingerprint density at radius 1 is 1.50 bits per heavy atom. The second kappa shape index (κ2) is 8.77. The topological polar surface area (TPSA) is 189 Å². The van der Waals surface area contributed by atoms with Crippen molar-refractivity contribution in [1.82, 2.24) is 10.2 Å². The standard InChI is InChI=1S/C16H17N5O8S/c1-27-20-9(8-3-2-4-28-8)12(22)18-10-13(23)21-11(15(24)25)7(6-30-14(10)21)5-29-16(17)19-26/h2-4,10,14,26H,5-6H2,1H3,(H2,17,19)(H,18,22)(H,24,25)/t10-,14+/m1/s1. The van der Waals surface area contributed by atoms with E-state index in [9.17, 15) is 19.5 Å². The Hall–Kier alpha value is -3.68. The van der Waals surface area contributed by atoms with Crippen LogP contribution in [0.4, 0.5) is 0 Å². The Balaban J connectivity index is 1.76. The molecule has 0 saturated carbocycles. The third kappa shape index (κ3) is 3.89. The average molecular weight is 439 g/mol. The summed E-state index contributed by atoms with van der Waals surface area (Å²) >= 11 is 1.23. The number of nitrogens with zero attached hydrogens (tertiary/aromatic N) is 3. The molecule has 5 N–H and O–H groups in total. The van der Waals surface area contributed by atoms with E-state index >= 15 is 0 Å². The van der Waals surface area contributed by atoms with Crippen LogP contribution >= 0.6 is 11.8 Å². The quantitative estimate of drug-likeness (QED) is 0.136. The number of ether oxygens (including phenoxy) is 1. The number of nitrogens with one attached hydrogen (secondary N) is 1. The van der Waals surface area contributed by atoms with Gasteiger partial charge in [0, 0.05) is 11.3 Å². The summed E-state index contributed by atoms with van der Waals surface area (Å²) in [4.78, 5) is 42.7. The molecule has 14 heteroatoms. The Bertz CT molecular complexity index is 941. The van der Waals surface area contributed by atoms with Crippen LogP contribution in [0.5, 0.6) is 0 Å². The molecule has 1 aromatic heterocycles. The molecule has 0 radical (unpaired) electrons. The lowest BCUT2D eigenvalue weighted by Crippen LogP contribution is -2.71. The summed E-state index contributed by atoms with van der Waals surface area (Å²) in [6.45, 7) is -0.277. The Labute approximate surface area is 173 Å². The van der Waals surface area contributed by atoms with E-state index < -0.39 is 35.2 Å². The number of amidine groups is 1. The minimum atomic E-state index is -1.34. The molecule has 0 aromatic carbocycles. The fourth-order valence-corrected chi connectivity index (χ4v) is 4.22. The number of carboxylic acids is 1. The lowest BCUT2D eigenvalue weighted by molar-refractivity contribution is -0.150. The van der Waals surface area contributed by atoms with Crippen LogP contribution in [0.2, 0.25) is 0 Å². The van der Waals surface area contributed by atoms with Crippen LogP contribution in [0.3, 0.4) is 0 Å². The largest absolute Gasteiger partial charge is 0.477 e. The first-order chi connectivity index (χ1) is 14.4. The van der Waals surface area contributed by atoms with Crippen LogP contribution in [0, 0.1) is 0 Å². The molecule has 3 heterocycles. The Kier molecular flexibility index (Phi) is 6.15. The highest BCUT2D eigenvalue weighted by molar-refractivity contribution is 8.00. The molecule has 2 amide bonds. The van der Waals surface area contributed by atoms with Gasteiger partial charge < -0.3 is 35.4 Å². The van der Waals surface area contributed by atoms with E-state index in [1.165, 1.54) is 31.2 Å². The number of fused-ring (bicyclic) bond motifs is 1. The number of hydrogen-bond donors (Lipinski definition) is 4. The van der Waals surface area contributed by atoms with E-state index in [1.54, 1.807) is 6.07 Å². The minimum absolute atomic E-state index is 0.142. The summed E-state index contributed by atoms with van der Waals surface area (Å²) in [5.41, 5.74) is 5.06. The lowest BCUT2D eigenvalue weighted by atomic mass is 10.0. The smallest absolute Gasteiger partial charge is 0.352 e. The van der Waals surface area contributed by atoms with Gasteiger partial charge in [-0.1, -0.05) is 5.16 Å². The molecular formula is C16H17N5O8S. The number of amides is 2. The molecular weight excluding hydrogens is 422 g/mol. The van der Waals surface area contributed by atoms with E-state index in [-0.39, 0.29) is 35.1 Å². The predicted octanol–water partition coefficient (Wildman–Crippen LogP) is -0.911. The van der Waals surface area contributed by atoms with E-state index in [0.29, 0.717) is 0 Å². The average Bonchev–Trinajstić information content (AvgIpc) is 3.27. The number of carboxylic acid groups (broad SMARTS) is 1. The van der Waals surface area contributed by atoms with E-state index in [0.717, 1.165) is 4.90 Å². The van der Waals surface area contributed by atoms with Crippen LogP contribution in [0.15, 0.2) is 44.4 Å². The molecule has 13 nitrogen and oxygen atoms in total. The van der Waals surface area contributed by atoms with Crippen LogP contribution in [0.1, 0.15) is 5.76 Å². The minimum Gasteiger partial charge on any atom is -0.477 e. The highest BCUT2D eigenvalue weighted by Crippen LogP contribution is 2.40. The first-order valence-corrected chi connectivity index (χ1v) is 9.40. The first-order valence-electron chi connectivity index (χ1n) is 8.35. The maximum absolute atomic E-state index is 12.6. The molecule has 0 aliphatic carbocycles. The molecule has 160 valence electrons. The van der Waals surface area contributed by atoms with Gasteiger partial charge in [-0.05, 0) is 17.3 Å². The highest BCUT2D eigenvalue weighted by Gasteiger charge is 2.54. The van der Waals surface area contributed by atoms with Gasteiger partial charge >= 0.3 is 12.0 Å². The monoisotopic (exact) mass is 439 g/mol. The zero-order valence-electron chi connectivity index (χ0n) is 15.5. The summed E-state index contributed by atoms with van der Waals surface area (Å²) in [5, 5.41) is 26.2. The first kappa shape index (κ1) is 21.0. The summed E-state index contributed by atoms with van der Waals surface area (Å²) in [7, 11) is 1.26. The number of carbonyl (C=O) groups excluding carboxylic acids is 2. The van der Waals surface area contributed by atoms with E-state index in [4.69, 9.17) is 20.1 Å². The molecule has 1 aromatic rings. The molecule has 30 heavy (non-hydrogen) atoms. The molecule has 0 bridgehead atoms. The second-order valence-electron chi connectivity index (χ2n) is 5.94. The van der Waals surface area contributed by atoms with Gasteiger partial charge in [0.15, 0.2) is 5.76 Å². The van der Waals surface area contributed by atoms with Crippen molar-refractivity contribution >= 4 is 41.3 Å². The molecule has 1 saturated heterocycles. The molecule has 1 fully saturated rings. The molecule has 2 aliphatic heterocycles. The van der Waals surface area contributed by atoms with Crippen LogP contribution in [0.25, 0.3) is 0 Å². The van der Waals surface area contributed by atoms with Crippen LogP contribution in [-0.2, 0) is 24.0 Å². The number of oxime groups is 2. The SMILES string of the molecule is CON=C(C(=O)N[C@@H]1C(=O)N2C(C(=O)O)=C(COC(N)=NO)CS[C@@H]12)c1ccco1. The Morgan fingerprint density at radius 2 is 2.27 bits per heavy atom. The number of furan rings is 1. The summed E-state index contributed by atoms with van der Waals surface area (Å²) in [5.74, 6) is -2.34. The molecule has 2 aliphatic rings. The van der Waals surface area contributed by atoms with Crippen molar-refractivity contribution in [2.24, 2.45) is 16.0 Å². The summed E-state index contributed by atoms with van der Waals surface area (Å²) in [6.07, 6.45) is 1.35. The maximum Gasteiger partial charge on any atom is 0.352 e. The molecule has 0 spiro atoms. The molecule has 2 atom stereocenters. The second-order valence-corrected chi connectivity index (χ2v) is 7.05. The number of carbonyl (C=O) groups is 3. The fourth-order valence-electron chi connectivity index (χ4n) is 2.90. The number of thioether (sulfide) groups is 1. The molecule has 0 unspecified atom stereocenters. The van der Waals surface area contributed by atoms with Gasteiger partial charge in [-0.2, -0.15) is 0 Å². The highest BCUT2D eigenvalue weighted by atomic mass is 32.2. The normalized spacial score (nSPS) is 21.6. The van der Waals surface area contributed by atoms with Crippen molar-refractivity contribution in [1.29, 1.82) is 0 Å². The number of rotatable bonds is 7. The van der Waals surface area contributed by atoms with Crippen molar-refractivity contribution < 1.29 is 38.7 Å². The van der Waals surface area contributed by atoms with Crippen LogP contribution in [-0.4, -0.2) is 75.6 Å². The van der Waals surface area contributed by atoms with Gasteiger partial charge in [-0.25, -0.2) is 4.79 Å². The van der Waals surface area contributed by atoms with Gasteiger partial charge in [0.2, 0.25) is 5.71 Å².